The van der Waals surface area contributed by atoms with Crippen molar-refractivity contribution < 1.29 is 9.59 Å². The van der Waals surface area contributed by atoms with Gasteiger partial charge in [-0.2, -0.15) is 11.8 Å². The van der Waals surface area contributed by atoms with Crippen molar-refractivity contribution in [3.63, 3.8) is 0 Å². The quantitative estimate of drug-likeness (QED) is 0.898. The second-order valence-corrected chi connectivity index (χ2v) is 6.65. The summed E-state index contributed by atoms with van der Waals surface area (Å²) in [6.07, 6.45) is 0. The lowest BCUT2D eigenvalue weighted by Crippen LogP contribution is -2.40. The second kappa shape index (κ2) is 7.88. The van der Waals surface area contributed by atoms with E-state index < -0.39 is 0 Å². The number of hydrogen-bond donors (Lipinski definition) is 2. The van der Waals surface area contributed by atoms with Crippen LogP contribution in [0.25, 0.3) is 0 Å². The lowest BCUT2D eigenvalue weighted by atomic mass is 10.2. The molecule has 1 saturated heterocycles. The van der Waals surface area contributed by atoms with Gasteiger partial charge in [0, 0.05) is 41.5 Å². The molecule has 1 heterocycles. The second-order valence-electron chi connectivity index (χ2n) is 5.43. The van der Waals surface area contributed by atoms with Gasteiger partial charge in [0.1, 0.15) is 0 Å². The SMILES string of the molecule is O=C(Nc1ccccc1)c1ccc(NC(=O)N2CCSCC2)cc1. The summed E-state index contributed by atoms with van der Waals surface area (Å²) in [6, 6.07) is 16.1. The number of amides is 3. The van der Waals surface area contributed by atoms with Gasteiger partial charge in [0.15, 0.2) is 0 Å². The Balaban J connectivity index is 1.58. The first-order chi connectivity index (χ1) is 11.7. The minimum absolute atomic E-state index is 0.0863. The van der Waals surface area contributed by atoms with Crippen molar-refractivity contribution in [3.05, 3.63) is 60.2 Å². The Hall–Kier alpha value is -2.47. The zero-order valence-electron chi connectivity index (χ0n) is 13.2. The van der Waals surface area contributed by atoms with Crippen LogP contribution in [0, 0.1) is 0 Å². The van der Waals surface area contributed by atoms with Gasteiger partial charge in [-0.1, -0.05) is 18.2 Å². The van der Waals surface area contributed by atoms with E-state index in [0.717, 1.165) is 30.3 Å². The number of urea groups is 1. The first-order valence-electron chi connectivity index (χ1n) is 7.82. The fourth-order valence-corrected chi connectivity index (χ4v) is 3.30. The van der Waals surface area contributed by atoms with Crippen LogP contribution < -0.4 is 10.6 Å². The lowest BCUT2D eigenvalue weighted by Gasteiger charge is -2.26. The number of thioether (sulfide) groups is 1. The monoisotopic (exact) mass is 341 g/mol. The maximum absolute atomic E-state index is 12.2. The number of nitrogens with zero attached hydrogens (tertiary/aromatic N) is 1. The molecular weight excluding hydrogens is 322 g/mol. The molecule has 3 rings (SSSR count). The summed E-state index contributed by atoms with van der Waals surface area (Å²) in [6.45, 7) is 1.54. The minimum atomic E-state index is -0.174. The van der Waals surface area contributed by atoms with Crippen molar-refractivity contribution in [2.24, 2.45) is 0 Å². The number of nitrogens with one attached hydrogen (secondary N) is 2. The fraction of sp³-hybridized carbons (Fsp3) is 0.222. The first-order valence-corrected chi connectivity index (χ1v) is 8.98. The molecule has 0 saturated carbocycles. The van der Waals surface area contributed by atoms with E-state index in [4.69, 9.17) is 0 Å². The van der Waals surface area contributed by atoms with Crippen LogP contribution in [-0.4, -0.2) is 41.4 Å². The molecule has 2 aromatic rings. The molecule has 0 bridgehead atoms. The van der Waals surface area contributed by atoms with Gasteiger partial charge >= 0.3 is 6.03 Å². The van der Waals surface area contributed by atoms with Gasteiger partial charge in [-0.3, -0.25) is 4.79 Å². The zero-order chi connectivity index (χ0) is 16.8. The summed E-state index contributed by atoms with van der Waals surface area (Å²) in [4.78, 5) is 26.2. The minimum Gasteiger partial charge on any atom is -0.323 e. The third-order valence-corrected chi connectivity index (χ3v) is 4.67. The lowest BCUT2D eigenvalue weighted by molar-refractivity contribution is 0.102. The third-order valence-electron chi connectivity index (χ3n) is 3.73. The van der Waals surface area contributed by atoms with Gasteiger partial charge in [0.2, 0.25) is 0 Å². The van der Waals surface area contributed by atoms with Crippen molar-refractivity contribution in [2.75, 3.05) is 35.2 Å². The summed E-state index contributed by atoms with van der Waals surface area (Å²) in [5, 5.41) is 5.71. The molecular formula is C18H19N3O2S. The summed E-state index contributed by atoms with van der Waals surface area (Å²) in [5.41, 5.74) is 1.99. The first kappa shape index (κ1) is 16.4. The predicted octanol–water partition coefficient (Wildman–Crippen LogP) is 3.52. The molecule has 0 aromatic heterocycles. The van der Waals surface area contributed by atoms with Crippen LogP contribution in [0.4, 0.5) is 16.2 Å². The highest BCUT2D eigenvalue weighted by molar-refractivity contribution is 7.99. The molecule has 1 fully saturated rings. The number of benzene rings is 2. The van der Waals surface area contributed by atoms with Crippen molar-refractivity contribution in [3.8, 4) is 0 Å². The average Bonchev–Trinajstić information content (AvgIpc) is 2.64. The smallest absolute Gasteiger partial charge is 0.321 e. The number of carbonyl (C=O) groups is 2. The topological polar surface area (TPSA) is 61.4 Å². The number of carbonyl (C=O) groups excluding carboxylic acids is 2. The highest BCUT2D eigenvalue weighted by Crippen LogP contribution is 2.15. The Morgan fingerprint density at radius 3 is 2.12 bits per heavy atom. The van der Waals surface area contributed by atoms with Gasteiger partial charge in [0.05, 0.1) is 0 Å². The van der Waals surface area contributed by atoms with Gasteiger partial charge in [-0.25, -0.2) is 4.79 Å². The maximum atomic E-state index is 12.2. The van der Waals surface area contributed by atoms with Crippen LogP contribution in [0.3, 0.4) is 0 Å². The van der Waals surface area contributed by atoms with E-state index in [1.165, 1.54) is 0 Å². The van der Waals surface area contributed by atoms with Crippen LogP contribution in [-0.2, 0) is 0 Å². The van der Waals surface area contributed by atoms with Gasteiger partial charge in [-0.05, 0) is 36.4 Å². The number of anilines is 2. The molecule has 0 atom stereocenters. The van der Waals surface area contributed by atoms with Crippen LogP contribution in [0.1, 0.15) is 10.4 Å². The molecule has 24 heavy (non-hydrogen) atoms. The van der Waals surface area contributed by atoms with E-state index in [0.29, 0.717) is 11.3 Å². The highest BCUT2D eigenvalue weighted by atomic mass is 32.2. The molecule has 3 amide bonds. The van der Waals surface area contributed by atoms with E-state index in [-0.39, 0.29) is 11.9 Å². The fourth-order valence-electron chi connectivity index (χ4n) is 2.40. The van der Waals surface area contributed by atoms with Gasteiger partial charge in [0.25, 0.3) is 5.91 Å². The molecule has 1 aliphatic rings. The van der Waals surface area contributed by atoms with E-state index in [9.17, 15) is 9.59 Å². The summed E-state index contributed by atoms with van der Waals surface area (Å²) < 4.78 is 0. The molecule has 124 valence electrons. The Kier molecular flexibility index (Phi) is 5.38. The Labute approximate surface area is 145 Å². The van der Waals surface area contributed by atoms with E-state index in [1.54, 1.807) is 24.3 Å². The van der Waals surface area contributed by atoms with Crippen LogP contribution in [0.5, 0.6) is 0 Å². The van der Waals surface area contributed by atoms with Crippen LogP contribution in [0.15, 0.2) is 54.6 Å². The van der Waals surface area contributed by atoms with Crippen LogP contribution in [0.2, 0.25) is 0 Å². The van der Waals surface area contributed by atoms with E-state index in [1.807, 2.05) is 47.0 Å². The maximum Gasteiger partial charge on any atom is 0.321 e. The predicted molar refractivity (Wildman–Crippen MR) is 98.8 cm³/mol. The molecule has 1 aliphatic heterocycles. The molecule has 2 N–H and O–H groups in total. The number of hydrogen-bond acceptors (Lipinski definition) is 3. The molecule has 0 radical (unpaired) electrons. The molecule has 0 spiro atoms. The molecule has 0 aliphatic carbocycles. The number of para-hydroxylation sites is 1. The average molecular weight is 341 g/mol. The van der Waals surface area contributed by atoms with Crippen LogP contribution >= 0.6 is 11.8 Å². The molecule has 6 heteroatoms. The van der Waals surface area contributed by atoms with Crippen molar-refractivity contribution in [1.82, 2.24) is 4.90 Å². The molecule has 5 nitrogen and oxygen atoms in total. The highest BCUT2D eigenvalue weighted by Gasteiger charge is 2.16. The van der Waals surface area contributed by atoms with Crippen molar-refractivity contribution in [1.29, 1.82) is 0 Å². The molecule has 2 aromatic carbocycles. The summed E-state index contributed by atoms with van der Waals surface area (Å²) >= 11 is 1.86. The Bertz CT molecular complexity index is 698. The summed E-state index contributed by atoms with van der Waals surface area (Å²) in [5.74, 6) is 1.78. The Morgan fingerprint density at radius 2 is 1.46 bits per heavy atom. The molecule has 0 unspecified atom stereocenters. The van der Waals surface area contributed by atoms with Crippen molar-refractivity contribution in [2.45, 2.75) is 0 Å². The van der Waals surface area contributed by atoms with Crippen molar-refractivity contribution >= 4 is 35.1 Å². The normalized spacial score (nSPS) is 14.1. The standard InChI is InChI=1S/C18H19N3O2S/c22-17(19-15-4-2-1-3-5-15)14-6-8-16(9-7-14)20-18(23)21-10-12-24-13-11-21/h1-9H,10-13H2,(H,19,22)(H,20,23). The summed E-state index contributed by atoms with van der Waals surface area (Å²) in [7, 11) is 0. The zero-order valence-corrected chi connectivity index (χ0v) is 14.0. The third kappa shape index (κ3) is 4.29. The number of rotatable bonds is 3. The van der Waals surface area contributed by atoms with Gasteiger partial charge < -0.3 is 15.5 Å². The van der Waals surface area contributed by atoms with E-state index >= 15 is 0 Å². The largest absolute Gasteiger partial charge is 0.323 e. The van der Waals surface area contributed by atoms with Gasteiger partial charge in [-0.15, -0.1) is 0 Å². The van der Waals surface area contributed by atoms with E-state index in [2.05, 4.69) is 10.6 Å². The Morgan fingerprint density at radius 1 is 0.833 bits per heavy atom.